The molecule has 2 aromatic rings. The van der Waals surface area contributed by atoms with Crippen molar-refractivity contribution in [3.8, 4) is 5.88 Å². The molecule has 2 heterocycles. The van der Waals surface area contributed by atoms with E-state index in [1.807, 2.05) is 0 Å². The molecule has 8 nitrogen and oxygen atoms in total. The molecule has 0 aliphatic carbocycles. The molecule has 0 aliphatic rings. The molecule has 0 aliphatic heterocycles. The molecule has 0 saturated carbocycles. The summed E-state index contributed by atoms with van der Waals surface area (Å²) in [6, 6.07) is 1.57. The number of aryl methyl sites for hydroxylation is 1. The molecule has 0 amide bonds. The van der Waals surface area contributed by atoms with Crippen LogP contribution in [0.1, 0.15) is 17.6 Å². The van der Waals surface area contributed by atoms with Crippen LogP contribution in [0.3, 0.4) is 0 Å². The first kappa shape index (κ1) is 11.4. The fourth-order valence-electron chi connectivity index (χ4n) is 1.33. The Morgan fingerprint density at radius 1 is 1.47 bits per heavy atom. The smallest absolute Gasteiger partial charge is 0.216 e. The first-order valence-electron chi connectivity index (χ1n) is 4.96. The molecule has 1 unspecified atom stereocenters. The Kier molecular flexibility index (Phi) is 3.24. The average Bonchev–Trinajstić information content (AvgIpc) is 2.75. The van der Waals surface area contributed by atoms with Crippen LogP contribution in [0, 0.1) is 0 Å². The Hall–Kier alpha value is -2.09. The third-order valence-corrected chi connectivity index (χ3v) is 2.14. The van der Waals surface area contributed by atoms with E-state index in [0.29, 0.717) is 17.4 Å². The first-order chi connectivity index (χ1) is 8.19. The Balaban J connectivity index is 2.11. The summed E-state index contributed by atoms with van der Waals surface area (Å²) >= 11 is 0. The largest absolute Gasteiger partial charge is 0.481 e. The molecule has 0 spiro atoms. The van der Waals surface area contributed by atoms with Crippen LogP contribution >= 0.6 is 0 Å². The number of hydrogen-bond acceptors (Lipinski definition) is 7. The Morgan fingerprint density at radius 2 is 2.29 bits per heavy atom. The molecular weight excluding hydrogens is 224 g/mol. The standard InChI is InChI=1S/C9H12N6O2/c1-15-13-8(12-14-15)4-7(16)6-3-9(17-2)11-5-10-6/h3,5,7,16H,4H2,1-2H3. The van der Waals surface area contributed by atoms with Gasteiger partial charge in [-0.25, -0.2) is 9.97 Å². The second-order valence-corrected chi connectivity index (χ2v) is 3.40. The van der Waals surface area contributed by atoms with E-state index in [-0.39, 0.29) is 6.42 Å². The van der Waals surface area contributed by atoms with Crippen LogP contribution in [-0.4, -0.2) is 42.4 Å². The van der Waals surface area contributed by atoms with Crippen LogP contribution in [0.4, 0.5) is 0 Å². The predicted molar refractivity (Wildman–Crippen MR) is 56.0 cm³/mol. The van der Waals surface area contributed by atoms with Gasteiger partial charge in [-0.3, -0.25) is 0 Å². The summed E-state index contributed by atoms with van der Waals surface area (Å²) < 4.78 is 4.95. The van der Waals surface area contributed by atoms with Crippen molar-refractivity contribution in [1.82, 2.24) is 30.2 Å². The normalized spacial score (nSPS) is 12.4. The van der Waals surface area contributed by atoms with E-state index in [1.54, 1.807) is 13.1 Å². The molecule has 2 rings (SSSR count). The van der Waals surface area contributed by atoms with Gasteiger partial charge in [0.15, 0.2) is 5.82 Å². The lowest BCUT2D eigenvalue weighted by molar-refractivity contribution is 0.170. The molecule has 1 N–H and O–H groups in total. The number of aliphatic hydroxyl groups is 1. The van der Waals surface area contributed by atoms with Crippen molar-refractivity contribution in [1.29, 1.82) is 0 Å². The summed E-state index contributed by atoms with van der Waals surface area (Å²) in [6.45, 7) is 0. The summed E-state index contributed by atoms with van der Waals surface area (Å²) in [6.07, 6.45) is 0.770. The van der Waals surface area contributed by atoms with Crippen molar-refractivity contribution in [2.75, 3.05) is 7.11 Å². The van der Waals surface area contributed by atoms with Gasteiger partial charge in [-0.1, -0.05) is 0 Å². The van der Waals surface area contributed by atoms with Crippen molar-refractivity contribution in [3.63, 3.8) is 0 Å². The van der Waals surface area contributed by atoms with Gasteiger partial charge in [0.1, 0.15) is 12.4 Å². The number of methoxy groups -OCH3 is 1. The maximum atomic E-state index is 9.94. The highest BCUT2D eigenvalue weighted by molar-refractivity contribution is 5.15. The van der Waals surface area contributed by atoms with E-state index in [9.17, 15) is 5.11 Å². The van der Waals surface area contributed by atoms with Crippen molar-refractivity contribution >= 4 is 0 Å². The van der Waals surface area contributed by atoms with E-state index in [2.05, 4.69) is 25.4 Å². The summed E-state index contributed by atoms with van der Waals surface area (Å²) in [5, 5.41) is 21.4. The minimum Gasteiger partial charge on any atom is -0.481 e. The molecule has 2 aromatic heterocycles. The maximum Gasteiger partial charge on any atom is 0.216 e. The quantitative estimate of drug-likeness (QED) is 0.748. The number of rotatable bonds is 4. The second-order valence-electron chi connectivity index (χ2n) is 3.40. The van der Waals surface area contributed by atoms with Gasteiger partial charge >= 0.3 is 0 Å². The third-order valence-electron chi connectivity index (χ3n) is 2.14. The number of nitrogens with zero attached hydrogens (tertiary/aromatic N) is 6. The number of tetrazole rings is 1. The highest BCUT2D eigenvalue weighted by atomic mass is 16.5. The molecule has 0 fully saturated rings. The van der Waals surface area contributed by atoms with Gasteiger partial charge in [-0.15, -0.1) is 10.2 Å². The summed E-state index contributed by atoms with van der Waals surface area (Å²) in [5.74, 6) is 0.860. The number of hydrogen-bond donors (Lipinski definition) is 1. The van der Waals surface area contributed by atoms with Gasteiger partial charge in [-0.2, -0.15) is 4.80 Å². The van der Waals surface area contributed by atoms with Crippen LogP contribution in [0.2, 0.25) is 0 Å². The van der Waals surface area contributed by atoms with Crippen LogP contribution in [-0.2, 0) is 13.5 Å². The zero-order valence-electron chi connectivity index (χ0n) is 9.48. The zero-order chi connectivity index (χ0) is 12.3. The predicted octanol–water partition coefficient (Wildman–Crippen LogP) is -0.715. The molecule has 17 heavy (non-hydrogen) atoms. The Morgan fingerprint density at radius 3 is 2.94 bits per heavy atom. The van der Waals surface area contributed by atoms with Crippen LogP contribution in [0.15, 0.2) is 12.4 Å². The van der Waals surface area contributed by atoms with Crippen LogP contribution in [0.25, 0.3) is 0 Å². The fourth-order valence-corrected chi connectivity index (χ4v) is 1.33. The van der Waals surface area contributed by atoms with Gasteiger partial charge < -0.3 is 9.84 Å². The van der Waals surface area contributed by atoms with Crippen LogP contribution in [0.5, 0.6) is 5.88 Å². The van der Waals surface area contributed by atoms with Gasteiger partial charge in [0, 0.05) is 12.5 Å². The molecule has 90 valence electrons. The van der Waals surface area contributed by atoms with E-state index in [1.165, 1.54) is 18.2 Å². The highest BCUT2D eigenvalue weighted by Crippen LogP contribution is 2.16. The van der Waals surface area contributed by atoms with Crippen molar-refractivity contribution < 1.29 is 9.84 Å². The van der Waals surface area contributed by atoms with E-state index in [0.717, 1.165) is 0 Å². The minimum atomic E-state index is -0.809. The lowest BCUT2D eigenvalue weighted by atomic mass is 10.2. The number of ether oxygens (including phenoxy) is 1. The van der Waals surface area contributed by atoms with Gasteiger partial charge in [0.2, 0.25) is 5.88 Å². The molecule has 8 heteroatoms. The molecule has 1 atom stereocenters. The van der Waals surface area contributed by atoms with Gasteiger partial charge in [0.25, 0.3) is 0 Å². The Labute approximate surface area is 97.3 Å². The fraction of sp³-hybridized carbons (Fsp3) is 0.444. The van der Waals surface area contributed by atoms with Gasteiger partial charge in [-0.05, 0) is 5.21 Å². The van der Waals surface area contributed by atoms with E-state index in [4.69, 9.17) is 4.74 Å². The zero-order valence-corrected chi connectivity index (χ0v) is 9.48. The minimum absolute atomic E-state index is 0.244. The average molecular weight is 236 g/mol. The maximum absolute atomic E-state index is 9.94. The summed E-state index contributed by atoms with van der Waals surface area (Å²) in [7, 11) is 3.17. The van der Waals surface area contributed by atoms with Crippen molar-refractivity contribution in [2.45, 2.75) is 12.5 Å². The molecular formula is C9H12N6O2. The molecule has 0 saturated heterocycles. The summed E-state index contributed by atoms with van der Waals surface area (Å²) in [4.78, 5) is 9.16. The monoisotopic (exact) mass is 236 g/mol. The lowest BCUT2D eigenvalue weighted by Crippen LogP contribution is -2.06. The summed E-state index contributed by atoms with van der Waals surface area (Å²) in [5.41, 5.74) is 0.462. The topological polar surface area (TPSA) is 98.8 Å². The molecule has 0 radical (unpaired) electrons. The SMILES string of the molecule is COc1cc(C(O)Cc2nnn(C)n2)ncn1. The lowest BCUT2D eigenvalue weighted by Gasteiger charge is -2.07. The first-order valence-corrected chi connectivity index (χ1v) is 4.96. The van der Waals surface area contributed by atoms with E-state index >= 15 is 0 Å². The number of aromatic nitrogens is 6. The highest BCUT2D eigenvalue weighted by Gasteiger charge is 2.14. The second kappa shape index (κ2) is 4.83. The third kappa shape index (κ3) is 2.72. The molecule has 0 bridgehead atoms. The Bertz CT molecular complexity index is 500. The molecule has 0 aromatic carbocycles. The van der Waals surface area contributed by atoms with Gasteiger partial charge in [0.05, 0.1) is 19.9 Å². The van der Waals surface area contributed by atoms with Crippen molar-refractivity contribution in [2.24, 2.45) is 7.05 Å². The van der Waals surface area contributed by atoms with Crippen LogP contribution < -0.4 is 4.74 Å². The van der Waals surface area contributed by atoms with E-state index < -0.39 is 6.10 Å². The van der Waals surface area contributed by atoms with Crippen molar-refractivity contribution in [3.05, 3.63) is 23.9 Å². The number of aliphatic hydroxyl groups excluding tert-OH is 1.